The number of rotatable bonds is 7. The lowest BCUT2D eigenvalue weighted by atomic mass is 9.96. The van der Waals surface area contributed by atoms with Crippen LogP contribution < -0.4 is 4.74 Å². The number of piperidine rings is 1. The molecule has 0 unspecified atom stereocenters. The molecule has 1 fully saturated rings. The van der Waals surface area contributed by atoms with Crippen molar-refractivity contribution in [1.82, 2.24) is 14.5 Å². The molecule has 6 nitrogen and oxygen atoms in total. The fourth-order valence-corrected chi connectivity index (χ4v) is 3.38. The minimum atomic E-state index is 0.0613. The summed E-state index contributed by atoms with van der Waals surface area (Å²) in [6.45, 7) is 5.22. The zero-order valence-electron chi connectivity index (χ0n) is 15.6. The number of amides is 1. The zero-order valence-corrected chi connectivity index (χ0v) is 15.6. The molecule has 1 aliphatic rings. The number of aromatic nitrogens is 2. The molecule has 6 heteroatoms. The van der Waals surface area contributed by atoms with Crippen molar-refractivity contribution in [3.63, 3.8) is 0 Å². The Balaban J connectivity index is 1.47. The zero-order chi connectivity index (χ0) is 18.4. The van der Waals surface area contributed by atoms with Crippen molar-refractivity contribution >= 4 is 5.91 Å². The van der Waals surface area contributed by atoms with Gasteiger partial charge in [-0.2, -0.15) is 0 Å². The van der Waals surface area contributed by atoms with Crippen LogP contribution in [-0.2, 0) is 22.7 Å². The maximum absolute atomic E-state index is 12.4. The van der Waals surface area contributed by atoms with Crippen LogP contribution >= 0.6 is 0 Å². The van der Waals surface area contributed by atoms with E-state index in [-0.39, 0.29) is 12.5 Å². The molecule has 0 spiro atoms. The van der Waals surface area contributed by atoms with Gasteiger partial charge in [-0.05, 0) is 37.8 Å². The van der Waals surface area contributed by atoms with Gasteiger partial charge < -0.3 is 18.9 Å². The van der Waals surface area contributed by atoms with Gasteiger partial charge in [0, 0.05) is 38.6 Å². The molecule has 0 bridgehead atoms. The maximum atomic E-state index is 12.4. The standard InChI is InChI=1S/C20H27N3O3/c1-16-12-21-19(14-25-2)23(16)13-17-8-10-22(11-9-17)20(24)15-26-18-6-4-3-5-7-18/h3-7,12,17H,8-11,13-15H2,1-2H3. The lowest BCUT2D eigenvalue weighted by molar-refractivity contribution is -0.134. The first kappa shape index (κ1) is 18.5. The van der Waals surface area contributed by atoms with Crippen molar-refractivity contribution in [3.8, 4) is 5.75 Å². The highest BCUT2D eigenvalue weighted by atomic mass is 16.5. The van der Waals surface area contributed by atoms with E-state index in [0.717, 1.165) is 49.7 Å². The number of para-hydroxylation sites is 1. The number of nitrogens with zero attached hydrogens (tertiary/aromatic N) is 3. The lowest BCUT2D eigenvalue weighted by Gasteiger charge is -2.32. The van der Waals surface area contributed by atoms with Crippen LogP contribution in [0.15, 0.2) is 36.5 Å². The molecule has 0 N–H and O–H groups in total. The molecule has 0 atom stereocenters. The average Bonchev–Trinajstić information content (AvgIpc) is 3.01. The second-order valence-corrected chi connectivity index (χ2v) is 6.79. The smallest absolute Gasteiger partial charge is 0.260 e. The highest BCUT2D eigenvalue weighted by Crippen LogP contribution is 2.21. The lowest BCUT2D eigenvalue weighted by Crippen LogP contribution is -2.41. The number of ether oxygens (including phenoxy) is 2. The van der Waals surface area contributed by atoms with Gasteiger partial charge in [0.2, 0.25) is 0 Å². The first-order valence-corrected chi connectivity index (χ1v) is 9.13. The van der Waals surface area contributed by atoms with Crippen LogP contribution in [-0.4, -0.2) is 47.2 Å². The van der Waals surface area contributed by atoms with Crippen LogP contribution in [0.5, 0.6) is 5.75 Å². The van der Waals surface area contributed by atoms with Crippen molar-refractivity contribution in [2.45, 2.75) is 32.9 Å². The van der Waals surface area contributed by atoms with Crippen molar-refractivity contribution in [2.24, 2.45) is 5.92 Å². The van der Waals surface area contributed by atoms with Gasteiger partial charge in [0.15, 0.2) is 6.61 Å². The molecule has 1 aliphatic heterocycles. The Morgan fingerprint density at radius 1 is 1.23 bits per heavy atom. The molecular weight excluding hydrogens is 330 g/mol. The average molecular weight is 357 g/mol. The Morgan fingerprint density at radius 2 is 1.96 bits per heavy atom. The summed E-state index contributed by atoms with van der Waals surface area (Å²) in [4.78, 5) is 18.7. The molecule has 0 saturated carbocycles. The number of benzene rings is 1. The van der Waals surface area contributed by atoms with Gasteiger partial charge in [0.05, 0.1) is 0 Å². The summed E-state index contributed by atoms with van der Waals surface area (Å²) >= 11 is 0. The molecule has 0 radical (unpaired) electrons. The molecule has 3 rings (SSSR count). The first-order valence-electron chi connectivity index (χ1n) is 9.13. The van der Waals surface area contributed by atoms with E-state index in [1.807, 2.05) is 41.4 Å². The fourth-order valence-electron chi connectivity index (χ4n) is 3.38. The molecule has 26 heavy (non-hydrogen) atoms. The van der Waals surface area contributed by atoms with Gasteiger partial charge in [-0.1, -0.05) is 18.2 Å². The number of carbonyl (C=O) groups is 1. The van der Waals surface area contributed by atoms with Gasteiger partial charge in [0.25, 0.3) is 5.91 Å². The third-order valence-corrected chi connectivity index (χ3v) is 4.92. The van der Waals surface area contributed by atoms with Crippen molar-refractivity contribution in [1.29, 1.82) is 0 Å². The molecular formula is C20H27N3O3. The van der Waals surface area contributed by atoms with Crippen molar-refractivity contribution in [3.05, 3.63) is 48.0 Å². The third-order valence-electron chi connectivity index (χ3n) is 4.92. The Morgan fingerprint density at radius 3 is 2.65 bits per heavy atom. The SMILES string of the molecule is COCc1ncc(C)n1CC1CCN(C(=O)COc2ccccc2)CC1. The van der Waals surface area contributed by atoms with E-state index in [2.05, 4.69) is 16.5 Å². The fraction of sp³-hybridized carbons (Fsp3) is 0.500. The minimum absolute atomic E-state index is 0.0613. The summed E-state index contributed by atoms with van der Waals surface area (Å²) in [7, 11) is 1.69. The van der Waals surface area contributed by atoms with Crippen molar-refractivity contribution < 1.29 is 14.3 Å². The second kappa shape index (κ2) is 8.85. The van der Waals surface area contributed by atoms with Crippen LogP contribution in [0.3, 0.4) is 0 Å². The van der Waals surface area contributed by atoms with E-state index in [9.17, 15) is 4.79 Å². The highest BCUT2D eigenvalue weighted by molar-refractivity contribution is 5.77. The predicted octanol–water partition coefficient (Wildman–Crippen LogP) is 2.66. The van der Waals surface area contributed by atoms with Crippen molar-refractivity contribution in [2.75, 3.05) is 26.8 Å². The molecule has 0 aliphatic carbocycles. The van der Waals surface area contributed by atoms with Gasteiger partial charge in [-0.25, -0.2) is 4.98 Å². The maximum Gasteiger partial charge on any atom is 0.260 e. The summed E-state index contributed by atoms with van der Waals surface area (Å²) in [5.41, 5.74) is 1.16. The number of likely N-dealkylation sites (tertiary alicyclic amines) is 1. The van der Waals surface area contributed by atoms with Crippen LogP contribution in [0.25, 0.3) is 0 Å². The molecule has 2 aromatic rings. The third kappa shape index (κ3) is 4.64. The highest BCUT2D eigenvalue weighted by Gasteiger charge is 2.24. The predicted molar refractivity (Wildman–Crippen MR) is 98.9 cm³/mol. The molecule has 1 aromatic carbocycles. The normalized spacial score (nSPS) is 15.2. The van der Waals surface area contributed by atoms with Crippen LogP contribution in [0, 0.1) is 12.8 Å². The summed E-state index contributed by atoms with van der Waals surface area (Å²) in [5.74, 6) is 2.32. The Kier molecular flexibility index (Phi) is 6.28. The first-order chi connectivity index (χ1) is 12.7. The van der Waals surface area contributed by atoms with Crippen LogP contribution in [0.2, 0.25) is 0 Å². The van der Waals surface area contributed by atoms with E-state index in [1.165, 1.54) is 0 Å². The van der Waals surface area contributed by atoms with Crippen LogP contribution in [0.4, 0.5) is 0 Å². The summed E-state index contributed by atoms with van der Waals surface area (Å²) < 4.78 is 13.0. The molecule has 1 aromatic heterocycles. The van der Waals surface area contributed by atoms with E-state index in [1.54, 1.807) is 7.11 Å². The molecule has 2 heterocycles. The second-order valence-electron chi connectivity index (χ2n) is 6.79. The van der Waals surface area contributed by atoms with Gasteiger partial charge in [0.1, 0.15) is 18.2 Å². The number of imidazole rings is 1. The van der Waals surface area contributed by atoms with E-state index >= 15 is 0 Å². The number of methoxy groups -OCH3 is 1. The summed E-state index contributed by atoms with van der Waals surface area (Å²) in [6.07, 6.45) is 3.90. The van der Waals surface area contributed by atoms with E-state index in [0.29, 0.717) is 12.5 Å². The monoisotopic (exact) mass is 357 g/mol. The number of aryl methyl sites for hydroxylation is 1. The molecule has 1 saturated heterocycles. The Labute approximate surface area is 154 Å². The van der Waals surface area contributed by atoms with E-state index < -0.39 is 0 Å². The topological polar surface area (TPSA) is 56.6 Å². The van der Waals surface area contributed by atoms with Gasteiger partial charge in [-0.3, -0.25) is 4.79 Å². The molecule has 140 valence electrons. The number of hydrogen-bond donors (Lipinski definition) is 0. The number of carbonyl (C=O) groups excluding carboxylic acids is 1. The Bertz CT molecular complexity index is 706. The number of hydrogen-bond acceptors (Lipinski definition) is 4. The van der Waals surface area contributed by atoms with Crippen LogP contribution in [0.1, 0.15) is 24.4 Å². The Hall–Kier alpha value is -2.34. The van der Waals surface area contributed by atoms with Gasteiger partial charge in [-0.15, -0.1) is 0 Å². The summed E-state index contributed by atoms with van der Waals surface area (Å²) in [5, 5.41) is 0. The molecule has 1 amide bonds. The van der Waals surface area contributed by atoms with Gasteiger partial charge >= 0.3 is 0 Å². The van der Waals surface area contributed by atoms with E-state index in [4.69, 9.17) is 9.47 Å². The quantitative estimate of drug-likeness (QED) is 0.764. The summed E-state index contributed by atoms with van der Waals surface area (Å²) in [6, 6.07) is 9.47. The minimum Gasteiger partial charge on any atom is -0.484 e. The largest absolute Gasteiger partial charge is 0.484 e.